The first-order chi connectivity index (χ1) is 9.83. The van der Waals surface area contributed by atoms with Crippen molar-refractivity contribution in [2.24, 2.45) is 0 Å². The number of rotatable bonds is 5. The Morgan fingerprint density at radius 3 is 2.70 bits per heavy atom. The molecule has 4 heteroatoms. The summed E-state index contributed by atoms with van der Waals surface area (Å²) in [4.78, 5) is 6.99. The van der Waals surface area contributed by atoms with Gasteiger partial charge in [-0.15, -0.1) is 0 Å². The van der Waals surface area contributed by atoms with Gasteiger partial charge >= 0.3 is 0 Å². The number of benzene rings is 1. The fourth-order valence-corrected chi connectivity index (χ4v) is 2.81. The number of hydrogen-bond acceptors (Lipinski definition) is 3. The molecule has 3 rings (SSSR count). The predicted molar refractivity (Wildman–Crippen MR) is 82.2 cm³/mol. The van der Waals surface area contributed by atoms with Crippen LogP contribution in [0.3, 0.4) is 0 Å². The second-order valence-electron chi connectivity index (χ2n) is 5.49. The van der Waals surface area contributed by atoms with Crippen LogP contribution in [0, 0.1) is 0 Å². The second kappa shape index (κ2) is 6.09. The van der Waals surface area contributed by atoms with Crippen LogP contribution in [0.4, 0.5) is 11.6 Å². The molecule has 1 aromatic carbocycles. The molecule has 1 aliphatic rings. The molecular weight excluding hydrogens is 248 g/mol. The third-order valence-electron chi connectivity index (χ3n) is 3.97. The second-order valence-corrected chi connectivity index (χ2v) is 5.49. The molecule has 2 aromatic rings. The summed E-state index contributed by atoms with van der Waals surface area (Å²) in [6, 6.07) is 10.8. The Hall–Kier alpha value is -1.81. The lowest BCUT2D eigenvalue weighted by atomic mass is 10.3. The Morgan fingerprint density at radius 1 is 1.20 bits per heavy atom. The van der Waals surface area contributed by atoms with Gasteiger partial charge < -0.3 is 9.88 Å². The lowest BCUT2D eigenvalue weighted by Gasteiger charge is -2.24. The standard InChI is InChI=1S/C16H22N4/c1-14(19-10-5-6-11-19)13-20-12-9-17-16(20)18-15-7-3-2-4-8-15/h2-4,7-9,12,14H,5-6,10-11,13H2,1H3,(H,17,18). The van der Waals surface area contributed by atoms with Crippen molar-refractivity contribution in [3.8, 4) is 0 Å². The summed E-state index contributed by atoms with van der Waals surface area (Å²) in [6.07, 6.45) is 6.59. The molecule has 1 saturated heterocycles. The normalized spacial score (nSPS) is 17.2. The lowest BCUT2D eigenvalue weighted by molar-refractivity contribution is 0.236. The third-order valence-corrected chi connectivity index (χ3v) is 3.97. The van der Waals surface area contributed by atoms with E-state index < -0.39 is 0 Å². The van der Waals surface area contributed by atoms with E-state index in [-0.39, 0.29) is 0 Å². The van der Waals surface area contributed by atoms with Crippen molar-refractivity contribution in [1.29, 1.82) is 0 Å². The van der Waals surface area contributed by atoms with Gasteiger partial charge in [0, 0.05) is 30.7 Å². The van der Waals surface area contributed by atoms with Crippen molar-refractivity contribution in [3.05, 3.63) is 42.7 Å². The average molecular weight is 270 g/mol. The number of likely N-dealkylation sites (tertiary alicyclic amines) is 1. The number of aromatic nitrogens is 2. The third kappa shape index (κ3) is 3.02. The Balaban J connectivity index is 1.67. The van der Waals surface area contributed by atoms with Crippen LogP contribution in [-0.4, -0.2) is 33.6 Å². The average Bonchev–Trinajstić information content (AvgIpc) is 3.12. The number of imidazole rings is 1. The van der Waals surface area contributed by atoms with Gasteiger partial charge in [-0.25, -0.2) is 4.98 Å². The molecule has 0 bridgehead atoms. The van der Waals surface area contributed by atoms with Gasteiger partial charge in [0.2, 0.25) is 5.95 Å². The molecule has 1 fully saturated rings. The molecule has 2 heterocycles. The summed E-state index contributed by atoms with van der Waals surface area (Å²) in [6.45, 7) is 5.75. The summed E-state index contributed by atoms with van der Waals surface area (Å²) < 4.78 is 2.20. The van der Waals surface area contributed by atoms with Crippen LogP contribution in [0.15, 0.2) is 42.7 Å². The SMILES string of the molecule is CC(Cn1ccnc1Nc1ccccc1)N1CCCC1. The highest BCUT2D eigenvalue weighted by Crippen LogP contribution is 2.17. The molecule has 0 aliphatic carbocycles. The zero-order chi connectivity index (χ0) is 13.8. The molecule has 1 aliphatic heterocycles. The molecule has 1 unspecified atom stereocenters. The van der Waals surface area contributed by atoms with Crippen LogP contribution in [-0.2, 0) is 6.54 Å². The highest BCUT2D eigenvalue weighted by atomic mass is 15.2. The van der Waals surface area contributed by atoms with Gasteiger partial charge in [0.1, 0.15) is 0 Å². The Labute approximate surface area is 120 Å². The van der Waals surface area contributed by atoms with Crippen molar-refractivity contribution in [2.75, 3.05) is 18.4 Å². The van der Waals surface area contributed by atoms with Crippen LogP contribution in [0.2, 0.25) is 0 Å². The molecule has 0 amide bonds. The van der Waals surface area contributed by atoms with E-state index in [2.05, 4.69) is 45.0 Å². The van der Waals surface area contributed by atoms with Crippen LogP contribution in [0.5, 0.6) is 0 Å². The highest BCUT2D eigenvalue weighted by molar-refractivity contribution is 5.53. The van der Waals surface area contributed by atoms with E-state index >= 15 is 0 Å². The fourth-order valence-electron chi connectivity index (χ4n) is 2.81. The topological polar surface area (TPSA) is 33.1 Å². The number of para-hydroxylation sites is 1. The largest absolute Gasteiger partial charge is 0.326 e. The molecule has 1 atom stereocenters. The molecule has 4 nitrogen and oxygen atoms in total. The van der Waals surface area contributed by atoms with Gasteiger partial charge in [0.15, 0.2) is 0 Å². The van der Waals surface area contributed by atoms with Gasteiger partial charge in [0.05, 0.1) is 0 Å². The maximum atomic E-state index is 4.42. The smallest absolute Gasteiger partial charge is 0.207 e. The monoisotopic (exact) mass is 270 g/mol. The minimum absolute atomic E-state index is 0.558. The van der Waals surface area contributed by atoms with Gasteiger partial charge in [-0.1, -0.05) is 18.2 Å². The van der Waals surface area contributed by atoms with E-state index in [0.29, 0.717) is 6.04 Å². The van der Waals surface area contributed by atoms with Crippen molar-refractivity contribution >= 4 is 11.6 Å². The molecule has 20 heavy (non-hydrogen) atoms. The molecule has 106 valence electrons. The van der Waals surface area contributed by atoms with Crippen molar-refractivity contribution in [3.63, 3.8) is 0 Å². The van der Waals surface area contributed by atoms with E-state index in [0.717, 1.165) is 18.2 Å². The summed E-state index contributed by atoms with van der Waals surface area (Å²) in [5, 5.41) is 3.38. The molecule has 0 radical (unpaired) electrons. The van der Waals surface area contributed by atoms with E-state index in [1.807, 2.05) is 24.4 Å². The van der Waals surface area contributed by atoms with E-state index in [9.17, 15) is 0 Å². The Kier molecular flexibility index (Phi) is 4.02. The van der Waals surface area contributed by atoms with Gasteiger partial charge in [-0.3, -0.25) is 4.90 Å². The Morgan fingerprint density at radius 2 is 1.95 bits per heavy atom. The van der Waals surface area contributed by atoms with E-state index in [1.165, 1.54) is 25.9 Å². The van der Waals surface area contributed by atoms with E-state index in [1.54, 1.807) is 0 Å². The van der Waals surface area contributed by atoms with Gasteiger partial charge in [-0.05, 0) is 45.0 Å². The molecule has 0 spiro atoms. The summed E-state index contributed by atoms with van der Waals surface area (Å²) in [5.41, 5.74) is 1.08. The highest BCUT2D eigenvalue weighted by Gasteiger charge is 2.19. The summed E-state index contributed by atoms with van der Waals surface area (Å²) in [5.74, 6) is 0.919. The maximum Gasteiger partial charge on any atom is 0.207 e. The molecule has 1 N–H and O–H groups in total. The summed E-state index contributed by atoms with van der Waals surface area (Å²) >= 11 is 0. The minimum atomic E-state index is 0.558. The van der Waals surface area contributed by atoms with Crippen LogP contribution in [0.1, 0.15) is 19.8 Å². The van der Waals surface area contributed by atoms with Crippen molar-refractivity contribution in [2.45, 2.75) is 32.4 Å². The molecular formula is C16H22N4. The number of hydrogen-bond donors (Lipinski definition) is 1. The first-order valence-electron chi connectivity index (χ1n) is 7.40. The first kappa shape index (κ1) is 13.2. The Bertz CT molecular complexity index is 528. The number of nitrogens with zero attached hydrogens (tertiary/aromatic N) is 3. The zero-order valence-electron chi connectivity index (χ0n) is 12.0. The van der Waals surface area contributed by atoms with Gasteiger partial charge in [0.25, 0.3) is 0 Å². The fraction of sp³-hybridized carbons (Fsp3) is 0.438. The first-order valence-corrected chi connectivity index (χ1v) is 7.40. The molecule has 1 aromatic heterocycles. The van der Waals surface area contributed by atoms with Crippen molar-refractivity contribution in [1.82, 2.24) is 14.5 Å². The van der Waals surface area contributed by atoms with Crippen LogP contribution in [0.25, 0.3) is 0 Å². The van der Waals surface area contributed by atoms with Crippen molar-refractivity contribution < 1.29 is 0 Å². The summed E-state index contributed by atoms with van der Waals surface area (Å²) in [7, 11) is 0. The van der Waals surface area contributed by atoms with E-state index in [4.69, 9.17) is 0 Å². The maximum absolute atomic E-state index is 4.42. The predicted octanol–water partition coefficient (Wildman–Crippen LogP) is 3.11. The lowest BCUT2D eigenvalue weighted by Crippen LogP contribution is -2.33. The minimum Gasteiger partial charge on any atom is -0.326 e. The van der Waals surface area contributed by atoms with Gasteiger partial charge in [-0.2, -0.15) is 0 Å². The van der Waals surface area contributed by atoms with Crippen LogP contribution < -0.4 is 5.32 Å². The number of anilines is 2. The number of nitrogens with one attached hydrogen (secondary N) is 1. The molecule has 0 saturated carbocycles. The zero-order valence-corrected chi connectivity index (χ0v) is 12.0. The quantitative estimate of drug-likeness (QED) is 0.906. The van der Waals surface area contributed by atoms with Crippen LogP contribution >= 0.6 is 0 Å².